The number of para-hydroxylation sites is 2. The number of carbonyl (C=O) groups is 2. The summed E-state index contributed by atoms with van der Waals surface area (Å²) in [5.74, 6) is -0.784. The molecule has 3 aromatic rings. The van der Waals surface area contributed by atoms with Gasteiger partial charge in [-0.25, -0.2) is 4.79 Å². The van der Waals surface area contributed by atoms with Gasteiger partial charge in [-0.3, -0.25) is 9.78 Å². The van der Waals surface area contributed by atoms with Crippen molar-refractivity contribution in [2.75, 3.05) is 11.4 Å². The molecule has 0 saturated heterocycles. The van der Waals surface area contributed by atoms with E-state index in [1.165, 1.54) is 0 Å². The van der Waals surface area contributed by atoms with Crippen molar-refractivity contribution in [3.63, 3.8) is 0 Å². The van der Waals surface area contributed by atoms with Crippen LogP contribution in [0, 0.1) is 6.92 Å². The monoisotopic (exact) mass is 362 g/mol. The summed E-state index contributed by atoms with van der Waals surface area (Å²) >= 11 is 0. The van der Waals surface area contributed by atoms with Gasteiger partial charge >= 0.3 is 5.97 Å². The number of esters is 1. The van der Waals surface area contributed by atoms with Gasteiger partial charge in [-0.2, -0.15) is 0 Å². The minimum Gasteiger partial charge on any atom is -0.449 e. The number of anilines is 1. The molecule has 0 unspecified atom stereocenters. The molecule has 5 nitrogen and oxygen atoms in total. The quantitative estimate of drug-likeness (QED) is 0.640. The van der Waals surface area contributed by atoms with E-state index in [0.717, 1.165) is 16.9 Å². The highest BCUT2D eigenvalue weighted by atomic mass is 16.5. The zero-order valence-corrected chi connectivity index (χ0v) is 15.7. The number of ether oxygens (including phenoxy) is 1. The first kappa shape index (κ1) is 18.6. The molecule has 0 spiro atoms. The van der Waals surface area contributed by atoms with E-state index in [9.17, 15) is 9.59 Å². The normalized spacial score (nSPS) is 11.8. The van der Waals surface area contributed by atoms with Gasteiger partial charge in [-0.15, -0.1) is 0 Å². The summed E-state index contributed by atoms with van der Waals surface area (Å²) in [6.07, 6.45) is -0.898. The van der Waals surface area contributed by atoms with E-state index in [0.29, 0.717) is 17.5 Å². The highest BCUT2D eigenvalue weighted by molar-refractivity contribution is 6.05. The van der Waals surface area contributed by atoms with Crippen molar-refractivity contribution in [3.05, 3.63) is 71.9 Å². The molecule has 1 amide bonds. The van der Waals surface area contributed by atoms with Crippen LogP contribution in [-0.2, 0) is 9.53 Å². The Morgan fingerprint density at radius 3 is 2.44 bits per heavy atom. The molecule has 0 aliphatic carbocycles. The van der Waals surface area contributed by atoms with Crippen molar-refractivity contribution in [2.24, 2.45) is 0 Å². The number of aryl methyl sites for hydroxylation is 1. The molecule has 138 valence electrons. The molecule has 0 saturated carbocycles. The van der Waals surface area contributed by atoms with Crippen molar-refractivity contribution in [3.8, 4) is 0 Å². The second-order valence-corrected chi connectivity index (χ2v) is 6.29. The Kier molecular flexibility index (Phi) is 5.50. The largest absolute Gasteiger partial charge is 0.449 e. The number of hydrogen-bond acceptors (Lipinski definition) is 4. The average Bonchev–Trinajstić information content (AvgIpc) is 2.68. The van der Waals surface area contributed by atoms with Crippen molar-refractivity contribution < 1.29 is 14.3 Å². The zero-order valence-electron chi connectivity index (χ0n) is 15.7. The Morgan fingerprint density at radius 2 is 1.74 bits per heavy atom. The summed E-state index contributed by atoms with van der Waals surface area (Å²) in [7, 11) is 0. The second-order valence-electron chi connectivity index (χ2n) is 6.29. The minimum atomic E-state index is -0.898. The van der Waals surface area contributed by atoms with Crippen LogP contribution in [0.15, 0.2) is 60.7 Å². The summed E-state index contributed by atoms with van der Waals surface area (Å²) in [5, 5.41) is 0.711. The first-order valence-corrected chi connectivity index (χ1v) is 8.95. The van der Waals surface area contributed by atoms with Crippen LogP contribution in [0.2, 0.25) is 0 Å². The maximum atomic E-state index is 12.8. The summed E-state index contributed by atoms with van der Waals surface area (Å²) < 4.78 is 5.51. The van der Waals surface area contributed by atoms with E-state index in [2.05, 4.69) is 4.98 Å². The third-order valence-electron chi connectivity index (χ3n) is 4.35. The van der Waals surface area contributed by atoms with Crippen LogP contribution in [0.25, 0.3) is 10.9 Å². The van der Waals surface area contributed by atoms with Gasteiger partial charge in [0.05, 0.1) is 11.1 Å². The number of carbonyl (C=O) groups excluding carboxylic acids is 2. The lowest BCUT2D eigenvalue weighted by atomic mass is 10.1. The summed E-state index contributed by atoms with van der Waals surface area (Å²) in [5.41, 5.74) is 2.64. The molecule has 0 radical (unpaired) electrons. The smallest absolute Gasteiger partial charge is 0.339 e. The SMILES string of the molecule is CCN(C(=O)[C@H](C)OC(=O)c1cc(C)nc2ccccc12)c1ccccc1. The summed E-state index contributed by atoms with van der Waals surface area (Å²) in [4.78, 5) is 31.6. The van der Waals surface area contributed by atoms with E-state index in [4.69, 9.17) is 4.74 Å². The fraction of sp³-hybridized carbons (Fsp3) is 0.227. The molecule has 0 bridgehead atoms. The van der Waals surface area contributed by atoms with Gasteiger partial charge in [0.2, 0.25) is 0 Å². The molecule has 1 atom stereocenters. The molecule has 1 aromatic heterocycles. The van der Waals surface area contributed by atoms with Crippen molar-refractivity contribution in [1.82, 2.24) is 4.98 Å². The van der Waals surface area contributed by atoms with Crippen LogP contribution in [-0.4, -0.2) is 29.5 Å². The maximum absolute atomic E-state index is 12.8. The van der Waals surface area contributed by atoms with Crippen molar-refractivity contribution in [1.29, 1.82) is 0 Å². The molecule has 3 rings (SSSR count). The second kappa shape index (κ2) is 7.99. The average molecular weight is 362 g/mol. The lowest BCUT2D eigenvalue weighted by Crippen LogP contribution is -2.40. The Labute approximate surface area is 158 Å². The number of pyridine rings is 1. The predicted octanol–water partition coefficient (Wildman–Crippen LogP) is 4.14. The number of hydrogen-bond donors (Lipinski definition) is 0. The number of amides is 1. The first-order valence-electron chi connectivity index (χ1n) is 8.95. The van der Waals surface area contributed by atoms with Gasteiger partial charge in [-0.05, 0) is 45.0 Å². The Bertz CT molecular complexity index is 970. The molecule has 0 fully saturated rings. The highest BCUT2D eigenvalue weighted by Crippen LogP contribution is 2.21. The van der Waals surface area contributed by atoms with Crippen LogP contribution < -0.4 is 4.90 Å². The maximum Gasteiger partial charge on any atom is 0.339 e. The molecule has 0 N–H and O–H groups in total. The van der Waals surface area contributed by atoms with Gasteiger partial charge in [-0.1, -0.05) is 36.4 Å². The van der Waals surface area contributed by atoms with Crippen molar-refractivity contribution in [2.45, 2.75) is 26.9 Å². The van der Waals surface area contributed by atoms with Crippen molar-refractivity contribution >= 4 is 28.5 Å². The van der Waals surface area contributed by atoms with Crippen LogP contribution in [0.3, 0.4) is 0 Å². The predicted molar refractivity (Wildman–Crippen MR) is 106 cm³/mol. The Balaban J connectivity index is 1.82. The van der Waals surface area contributed by atoms with E-state index in [1.54, 1.807) is 17.9 Å². The van der Waals surface area contributed by atoms with E-state index in [-0.39, 0.29) is 5.91 Å². The number of fused-ring (bicyclic) bond motifs is 1. The van der Waals surface area contributed by atoms with Gasteiger partial charge in [0.25, 0.3) is 5.91 Å². The lowest BCUT2D eigenvalue weighted by Gasteiger charge is -2.24. The number of rotatable bonds is 5. The van der Waals surface area contributed by atoms with Gasteiger partial charge < -0.3 is 9.64 Å². The summed E-state index contributed by atoms with van der Waals surface area (Å²) in [6, 6.07) is 18.4. The van der Waals surface area contributed by atoms with Gasteiger partial charge in [0.1, 0.15) is 0 Å². The van der Waals surface area contributed by atoms with Crippen LogP contribution in [0.4, 0.5) is 5.69 Å². The van der Waals surface area contributed by atoms with E-state index >= 15 is 0 Å². The fourth-order valence-corrected chi connectivity index (χ4v) is 3.04. The third-order valence-corrected chi connectivity index (χ3v) is 4.35. The van der Waals surface area contributed by atoms with Crippen LogP contribution >= 0.6 is 0 Å². The molecule has 0 aliphatic rings. The molecular formula is C22H22N2O3. The summed E-state index contributed by atoms with van der Waals surface area (Å²) in [6.45, 7) is 5.80. The molecule has 1 heterocycles. The van der Waals surface area contributed by atoms with E-state index < -0.39 is 12.1 Å². The van der Waals surface area contributed by atoms with Gasteiger partial charge in [0, 0.05) is 23.3 Å². The fourth-order valence-electron chi connectivity index (χ4n) is 3.04. The zero-order chi connectivity index (χ0) is 19.4. The van der Waals surface area contributed by atoms with Crippen LogP contribution in [0.5, 0.6) is 0 Å². The van der Waals surface area contributed by atoms with E-state index in [1.807, 2.05) is 68.4 Å². The highest BCUT2D eigenvalue weighted by Gasteiger charge is 2.25. The number of aromatic nitrogens is 1. The Morgan fingerprint density at radius 1 is 1.07 bits per heavy atom. The molecule has 27 heavy (non-hydrogen) atoms. The molecule has 5 heteroatoms. The number of nitrogens with zero attached hydrogens (tertiary/aromatic N) is 2. The number of likely N-dealkylation sites (N-methyl/N-ethyl adjacent to an activating group) is 1. The number of benzene rings is 2. The first-order chi connectivity index (χ1) is 13.0. The van der Waals surface area contributed by atoms with Gasteiger partial charge in [0.15, 0.2) is 6.10 Å². The Hall–Kier alpha value is -3.21. The molecule has 0 aliphatic heterocycles. The third kappa shape index (κ3) is 3.97. The standard InChI is InChI=1S/C22H22N2O3/c1-4-24(17-10-6-5-7-11-17)21(25)16(3)27-22(26)19-14-15(2)23-20-13-9-8-12-18(19)20/h5-14,16H,4H2,1-3H3/t16-/m0/s1. The minimum absolute atomic E-state index is 0.257. The topological polar surface area (TPSA) is 59.5 Å². The molecular weight excluding hydrogens is 340 g/mol. The lowest BCUT2D eigenvalue weighted by molar-refractivity contribution is -0.126. The molecule has 2 aromatic carbocycles. The van der Waals surface area contributed by atoms with Crippen LogP contribution in [0.1, 0.15) is 29.9 Å².